The number of halogens is 4. The van der Waals surface area contributed by atoms with Gasteiger partial charge in [0, 0.05) is 29.8 Å². The number of sulfonamides is 1. The molecule has 1 unspecified atom stereocenters. The van der Waals surface area contributed by atoms with Crippen molar-refractivity contribution in [2.75, 3.05) is 30.4 Å². The van der Waals surface area contributed by atoms with Gasteiger partial charge in [-0.15, -0.1) is 0 Å². The van der Waals surface area contributed by atoms with Crippen LogP contribution < -0.4 is 20.1 Å². The van der Waals surface area contributed by atoms with Gasteiger partial charge >= 0.3 is 6.18 Å². The van der Waals surface area contributed by atoms with Gasteiger partial charge in [0.1, 0.15) is 5.75 Å². The minimum absolute atomic E-state index is 0.153. The minimum Gasteiger partial charge on any atom is -0.495 e. The Kier molecular flexibility index (Phi) is 5.88. The van der Waals surface area contributed by atoms with Crippen LogP contribution >= 0.6 is 11.6 Å². The van der Waals surface area contributed by atoms with Crippen molar-refractivity contribution in [3.05, 3.63) is 47.0 Å². The Morgan fingerprint density at radius 1 is 1.24 bits per heavy atom. The molecule has 2 aromatic carbocycles. The molecule has 1 fully saturated rings. The first kappa shape index (κ1) is 21.5. The lowest BCUT2D eigenvalue weighted by atomic mass is 10.1. The van der Waals surface area contributed by atoms with Crippen LogP contribution in [0.3, 0.4) is 0 Å². The van der Waals surface area contributed by atoms with Crippen LogP contribution in [-0.2, 0) is 16.2 Å². The van der Waals surface area contributed by atoms with Gasteiger partial charge in [0.25, 0.3) is 0 Å². The molecule has 3 rings (SSSR count). The topological polar surface area (TPSA) is 84.7 Å². The van der Waals surface area contributed by atoms with Crippen LogP contribution in [0.2, 0.25) is 5.02 Å². The molecular weight excluding hydrogens is 431 g/mol. The number of hydrogen-bond donors (Lipinski definition) is 2. The number of nitrogens with zero attached hydrogens (tertiary/aromatic N) is 1. The summed E-state index contributed by atoms with van der Waals surface area (Å²) in [4.78, 5) is 1.07. The van der Waals surface area contributed by atoms with E-state index in [0.717, 1.165) is 17.8 Å². The maximum absolute atomic E-state index is 13.3. The molecule has 0 bridgehead atoms. The van der Waals surface area contributed by atoms with Crippen molar-refractivity contribution in [1.82, 2.24) is 0 Å². The quantitative estimate of drug-likeness (QED) is 0.727. The van der Waals surface area contributed by atoms with E-state index in [-0.39, 0.29) is 11.7 Å². The number of nitrogens with one attached hydrogen (secondary N) is 1. The number of hydrogen-bond acceptors (Lipinski definition) is 5. The summed E-state index contributed by atoms with van der Waals surface area (Å²) in [6.45, 7) is 1.16. The van der Waals surface area contributed by atoms with Crippen molar-refractivity contribution in [2.24, 2.45) is 5.14 Å². The zero-order valence-corrected chi connectivity index (χ0v) is 16.9. The second-order valence-electron chi connectivity index (χ2n) is 6.65. The third-order valence-corrected chi connectivity index (χ3v) is 5.84. The largest absolute Gasteiger partial charge is 0.495 e. The summed E-state index contributed by atoms with van der Waals surface area (Å²) in [5, 5.41) is 8.49. The molecule has 0 spiro atoms. The second kappa shape index (κ2) is 7.92. The second-order valence-corrected chi connectivity index (χ2v) is 8.61. The molecule has 0 amide bonds. The van der Waals surface area contributed by atoms with E-state index < -0.39 is 26.7 Å². The van der Waals surface area contributed by atoms with E-state index in [1.807, 2.05) is 4.90 Å². The molecule has 11 heteroatoms. The van der Waals surface area contributed by atoms with Crippen molar-refractivity contribution in [3.63, 3.8) is 0 Å². The fourth-order valence-corrected chi connectivity index (χ4v) is 4.24. The summed E-state index contributed by atoms with van der Waals surface area (Å²) in [7, 11) is -2.95. The Hall–Kier alpha value is -2.17. The standard InChI is InChI=1S/C18H19ClF3N3O3S/c1-28-16-4-2-11(19)8-15(16)25-7-6-13(10-25)24-12-3-5-17(29(23,26)27)14(9-12)18(20,21)22/h2-5,8-9,13,24H,6-7,10H2,1H3,(H2,23,26,27). The van der Waals surface area contributed by atoms with Gasteiger partial charge in [-0.2, -0.15) is 13.2 Å². The molecule has 1 heterocycles. The average molecular weight is 450 g/mol. The first-order valence-electron chi connectivity index (χ1n) is 8.58. The number of nitrogens with two attached hydrogens (primary N) is 1. The highest BCUT2D eigenvalue weighted by Crippen LogP contribution is 2.37. The summed E-state index contributed by atoms with van der Waals surface area (Å²) in [6, 6.07) is 7.99. The molecule has 1 saturated heterocycles. The van der Waals surface area contributed by atoms with E-state index in [2.05, 4.69) is 5.32 Å². The normalized spacial score (nSPS) is 17.4. The highest BCUT2D eigenvalue weighted by molar-refractivity contribution is 7.89. The van der Waals surface area contributed by atoms with Gasteiger partial charge in [-0.3, -0.25) is 0 Å². The maximum atomic E-state index is 13.3. The summed E-state index contributed by atoms with van der Waals surface area (Å²) >= 11 is 6.07. The van der Waals surface area contributed by atoms with Crippen molar-refractivity contribution < 1.29 is 26.3 Å². The van der Waals surface area contributed by atoms with E-state index in [1.54, 1.807) is 25.3 Å². The number of methoxy groups -OCH3 is 1. The SMILES string of the molecule is COc1ccc(Cl)cc1N1CCC(Nc2ccc(S(N)(=O)=O)c(C(F)(F)F)c2)C1. The van der Waals surface area contributed by atoms with Gasteiger partial charge in [0.15, 0.2) is 0 Å². The zero-order valence-electron chi connectivity index (χ0n) is 15.3. The predicted molar refractivity (Wildman–Crippen MR) is 105 cm³/mol. The zero-order chi connectivity index (χ0) is 21.4. The summed E-state index contributed by atoms with van der Waals surface area (Å²) in [6.07, 6.45) is -4.19. The smallest absolute Gasteiger partial charge is 0.417 e. The van der Waals surface area contributed by atoms with Gasteiger partial charge < -0.3 is 15.0 Å². The van der Waals surface area contributed by atoms with Crippen LogP contribution in [-0.4, -0.2) is 34.7 Å². The van der Waals surface area contributed by atoms with Crippen LogP contribution in [0.4, 0.5) is 24.5 Å². The molecular formula is C18H19ClF3N3O3S. The Morgan fingerprint density at radius 3 is 2.59 bits per heavy atom. The molecule has 1 aliphatic rings. The molecule has 1 atom stereocenters. The lowest BCUT2D eigenvalue weighted by Gasteiger charge is -2.22. The molecule has 0 aromatic heterocycles. The molecule has 0 aliphatic carbocycles. The highest BCUT2D eigenvalue weighted by atomic mass is 35.5. The molecule has 1 aliphatic heterocycles. The first-order chi connectivity index (χ1) is 13.5. The number of primary sulfonamides is 1. The Labute approximate surface area is 171 Å². The van der Waals surface area contributed by atoms with Crippen molar-refractivity contribution in [2.45, 2.75) is 23.5 Å². The van der Waals surface area contributed by atoms with Gasteiger partial charge in [0.05, 0.1) is 23.3 Å². The van der Waals surface area contributed by atoms with Crippen LogP contribution in [0.5, 0.6) is 5.75 Å². The number of alkyl halides is 3. The molecule has 29 heavy (non-hydrogen) atoms. The third-order valence-electron chi connectivity index (χ3n) is 4.63. The molecule has 6 nitrogen and oxygen atoms in total. The number of rotatable bonds is 5. The number of anilines is 2. The van der Waals surface area contributed by atoms with E-state index in [9.17, 15) is 21.6 Å². The van der Waals surface area contributed by atoms with Crippen LogP contribution in [0.1, 0.15) is 12.0 Å². The summed E-state index contributed by atoms with van der Waals surface area (Å²) in [5.74, 6) is 0.645. The average Bonchev–Trinajstić information content (AvgIpc) is 3.08. The monoisotopic (exact) mass is 449 g/mol. The van der Waals surface area contributed by atoms with Crippen molar-refractivity contribution in [3.8, 4) is 5.75 Å². The number of benzene rings is 2. The lowest BCUT2D eigenvalue weighted by Crippen LogP contribution is -2.26. The fourth-order valence-electron chi connectivity index (χ4n) is 3.33. The van der Waals surface area contributed by atoms with E-state index >= 15 is 0 Å². The Balaban J connectivity index is 1.81. The van der Waals surface area contributed by atoms with Gasteiger partial charge in [0.2, 0.25) is 10.0 Å². The predicted octanol–water partition coefficient (Wildman–Crippen LogP) is 3.71. The summed E-state index contributed by atoms with van der Waals surface area (Å²) in [5.41, 5.74) is -0.337. The van der Waals surface area contributed by atoms with Gasteiger partial charge in [-0.25, -0.2) is 13.6 Å². The van der Waals surface area contributed by atoms with Crippen LogP contribution in [0.15, 0.2) is 41.3 Å². The van der Waals surface area contributed by atoms with E-state index in [0.29, 0.717) is 30.3 Å². The lowest BCUT2D eigenvalue weighted by molar-refractivity contribution is -0.139. The molecule has 0 radical (unpaired) electrons. The summed E-state index contributed by atoms with van der Waals surface area (Å²) < 4.78 is 68.2. The van der Waals surface area contributed by atoms with E-state index in [4.69, 9.17) is 21.5 Å². The number of ether oxygens (including phenoxy) is 1. The van der Waals surface area contributed by atoms with E-state index in [1.165, 1.54) is 6.07 Å². The molecule has 3 N–H and O–H groups in total. The molecule has 158 valence electrons. The van der Waals surface area contributed by atoms with Gasteiger partial charge in [-0.05, 0) is 42.8 Å². The molecule has 2 aromatic rings. The highest BCUT2D eigenvalue weighted by Gasteiger charge is 2.37. The van der Waals surface area contributed by atoms with Crippen LogP contribution in [0.25, 0.3) is 0 Å². The third kappa shape index (κ3) is 4.88. The van der Waals surface area contributed by atoms with Crippen molar-refractivity contribution in [1.29, 1.82) is 0 Å². The Bertz CT molecular complexity index is 1020. The Morgan fingerprint density at radius 2 is 1.97 bits per heavy atom. The van der Waals surface area contributed by atoms with Crippen molar-refractivity contribution >= 4 is 33.0 Å². The molecule has 0 saturated carbocycles. The maximum Gasteiger partial charge on any atom is 0.417 e. The van der Waals surface area contributed by atoms with Crippen LogP contribution in [0, 0.1) is 0 Å². The van der Waals surface area contributed by atoms with Gasteiger partial charge in [-0.1, -0.05) is 11.6 Å². The fraction of sp³-hybridized carbons (Fsp3) is 0.333. The first-order valence-corrected chi connectivity index (χ1v) is 10.5. The minimum atomic E-state index is -4.85.